The molecule has 5 atom stereocenters. The van der Waals surface area contributed by atoms with E-state index in [1.165, 1.54) is 9.24 Å². The molecule has 9 nitrogen and oxygen atoms in total. The molecule has 0 aliphatic carbocycles. The van der Waals surface area contributed by atoms with Crippen molar-refractivity contribution in [2.75, 3.05) is 19.4 Å². The minimum atomic E-state index is -3.52. The third kappa shape index (κ3) is 5.13. The van der Waals surface area contributed by atoms with Crippen LogP contribution in [0, 0.1) is 12.8 Å². The number of hydrogen-bond acceptors (Lipinski definition) is 6. The van der Waals surface area contributed by atoms with Gasteiger partial charge in [0.15, 0.2) is 0 Å². The highest BCUT2D eigenvalue weighted by Crippen LogP contribution is 2.57. The number of ether oxygens (including phenoxy) is 1. The van der Waals surface area contributed by atoms with Crippen LogP contribution in [0.15, 0.2) is 41.3 Å². The number of halogens is 1. The zero-order valence-electron chi connectivity index (χ0n) is 18.7. The molecule has 1 aromatic carbocycles. The lowest BCUT2D eigenvalue weighted by Gasteiger charge is -2.26. The highest BCUT2D eigenvalue weighted by molar-refractivity contribution is 7.83. The van der Waals surface area contributed by atoms with Crippen LogP contribution in [0.25, 0.3) is 0 Å². The third-order valence-electron chi connectivity index (χ3n) is 5.46. The largest absolute Gasteiger partial charge is 0.362 e. The van der Waals surface area contributed by atoms with E-state index in [4.69, 9.17) is 20.5 Å². The monoisotopic (exact) mass is 482 g/mol. The Labute approximate surface area is 192 Å². The van der Waals surface area contributed by atoms with Crippen LogP contribution >= 0.6 is 18.1 Å². The Hall–Kier alpha value is -2.03. The first-order chi connectivity index (χ1) is 15.0. The van der Waals surface area contributed by atoms with Crippen molar-refractivity contribution >= 4 is 29.8 Å². The second-order valence-electron chi connectivity index (χ2n) is 7.98. The Morgan fingerprint density at radius 3 is 2.59 bits per heavy atom. The van der Waals surface area contributed by atoms with Crippen LogP contribution in [-0.4, -0.2) is 46.4 Å². The first-order valence-corrected chi connectivity index (χ1v) is 12.8. The molecule has 0 spiro atoms. The average Bonchev–Trinajstić information content (AvgIpc) is 3.05. The second-order valence-corrected chi connectivity index (χ2v) is 11.2. The van der Waals surface area contributed by atoms with Gasteiger partial charge in [-0.2, -0.15) is 4.98 Å². The number of amides is 1. The van der Waals surface area contributed by atoms with Crippen molar-refractivity contribution in [3.8, 4) is 0 Å². The number of carbonyl (C=O) groups excluding carboxylic acids is 1. The minimum absolute atomic E-state index is 0.184. The van der Waals surface area contributed by atoms with Gasteiger partial charge in [-0.25, -0.2) is 9.46 Å². The van der Waals surface area contributed by atoms with Gasteiger partial charge in [-0.1, -0.05) is 32.0 Å². The molecule has 1 saturated heterocycles. The SMILES string of the molecule is CC[C@H]1O[C@@H](n2cc(C)c(NC(=O)c3ccccc3)nc2=O)[C@@H](C)C1OP(=O)(Cl)N(C)C. The van der Waals surface area contributed by atoms with Crippen molar-refractivity contribution in [3.05, 3.63) is 58.1 Å². The Morgan fingerprint density at radius 1 is 1.34 bits per heavy atom. The highest BCUT2D eigenvalue weighted by Gasteiger charge is 2.46. The summed E-state index contributed by atoms with van der Waals surface area (Å²) in [7, 11) is 3.15. The summed E-state index contributed by atoms with van der Waals surface area (Å²) < 4.78 is 27.1. The number of nitrogens with one attached hydrogen (secondary N) is 1. The maximum Gasteiger partial charge on any atom is 0.362 e. The quantitative estimate of drug-likeness (QED) is 0.594. The molecule has 0 radical (unpaired) electrons. The van der Waals surface area contributed by atoms with E-state index in [9.17, 15) is 14.2 Å². The van der Waals surface area contributed by atoms with Crippen molar-refractivity contribution in [1.29, 1.82) is 0 Å². The molecule has 11 heteroatoms. The standard InChI is InChI=1S/C21H28ClN4O5P/c1-6-16-17(31-32(22,29)25(4)5)14(3)20(30-16)26-12-13(2)18(24-21(26)28)23-19(27)15-10-8-7-9-11-15/h7-12,14,16-17,20H,6H2,1-5H3,(H,23,24,27,28)/t14-,16+,17?,20+,32?/m0/s1. The molecule has 1 aromatic heterocycles. The lowest BCUT2D eigenvalue weighted by atomic mass is 10.0. The normalized spacial score (nSPS) is 25.0. The number of anilines is 1. The van der Waals surface area contributed by atoms with Gasteiger partial charge in [0.25, 0.3) is 5.91 Å². The Kier molecular flexibility index (Phi) is 7.57. The fourth-order valence-corrected chi connectivity index (χ4v) is 4.67. The van der Waals surface area contributed by atoms with Crippen molar-refractivity contribution in [1.82, 2.24) is 14.2 Å². The summed E-state index contributed by atoms with van der Waals surface area (Å²) in [6, 6.07) is 8.67. The zero-order valence-corrected chi connectivity index (χ0v) is 20.3. The first-order valence-electron chi connectivity index (χ1n) is 10.3. The van der Waals surface area contributed by atoms with Gasteiger partial charge in [0, 0.05) is 23.2 Å². The maximum absolute atomic E-state index is 12.8. The van der Waals surface area contributed by atoms with Crippen LogP contribution in [0.1, 0.15) is 42.4 Å². The molecular weight excluding hydrogens is 455 g/mol. The summed E-state index contributed by atoms with van der Waals surface area (Å²) in [5, 5.41) is 2.68. The molecular formula is C21H28ClN4O5P. The summed E-state index contributed by atoms with van der Waals surface area (Å²) in [5.74, 6) is -0.496. The number of aromatic nitrogens is 2. The number of benzene rings is 1. The lowest BCUT2D eigenvalue weighted by Crippen LogP contribution is -2.32. The van der Waals surface area contributed by atoms with Crippen LogP contribution in [-0.2, 0) is 13.8 Å². The van der Waals surface area contributed by atoms with E-state index in [-0.39, 0.29) is 17.6 Å². The van der Waals surface area contributed by atoms with Gasteiger partial charge in [-0.3, -0.25) is 18.5 Å². The number of nitrogens with zero attached hydrogens (tertiary/aromatic N) is 3. The van der Waals surface area contributed by atoms with Gasteiger partial charge in [0.1, 0.15) is 18.1 Å². The van der Waals surface area contributed by atoms with E-state index in [0.717, 1.165) is 0 Å². The predicted molar refractivity (Wildman–Crippen MR) is 123 cm³/mol. The Morgan fingerprint density at radius 2 is 2.00 bits per heavy atom. The van der Waals surface area contributed by atoms with Crippen molar-refractivity contribution in [2.45, 2.75) is 45.6 Å². The smallest absolute Gasteiger partial charge is 0.352 e. The average molecular weight is 483 g/mol. The van der Waals surface area contributed by atoms with Gasteiger partial charge in [0.2, 0.25) is 0 Å². The van der Waals surface area contributed by atoms with Crippen molar-refractivity contribution in [3.63, 3.8) is 0 Å². The predicted octanol–water partition coefficient (Wildman–Crippen LogP) is 4.04. The zero-order chi connectivity index (χ0) is 23.6. The van der Waals surface area contributed by atoms with Gasteiger partial charge in [-0.15, -0.1) is 0 Å². The molecule has 1 fully saturated rings. The number of carbonyl (C=O) groups is 1. The molecule has 3 rings (SSSR count). The molecule has 0 saturated carbocycles. The summed E-state index contributed by atoms with van der Waals surface area (Å²) in [5.41, 5.74) is 0.481. The molecule has 174 valence electrons. The van der Waals surface area contributed by atoms with Gasteiger partial charge < -0.3 is 10.1 Å². The summed E-state index contributed by atoms with van der Waals surface area (Å²) in [6.45, 7) is 1.99. The van der Waals surface area contributed by atoms with Crippen molar-refractivity contribution < 1.29 is 18.6 Å². The molecule has 2 heterocycles. The van der Waals surface area contributed by atoms with Crippen LogP contribution < -0.4 is 11.0 Å². The fraction of sp³-hybridized carbons (Fsp3) is 0.476. The topological polar surface area (TPSA) is 103 Å². The summed E-state index contributed by atoms with van der Waals surface area (Å²) in [6.07, 6.45) is 0.536. The van der Waals surface area contributed by atoms with Gasteiger partial charge >= 0.3 is 12.6 Å². The van der Waals surface area contributed by atoms with E-state index >= 15 is 0 Å². The van der Waals surface area contributed by atoms with Crippen LogP contribution in [0.2, 0.25) is 0 Å². The Balaban J connectivity index is 1.85. The van der Waals surface area contributed by atoms with Crippen molar-refractivity contribution in [2.24, 2.45) is 5.92 Å². The maximum atomic E-state index is 12.8. The van der Waals surface area contributed by atoms with E-state index in [1.54, 1.807) is 51.5 Å². The fourth-order valence-electron chi connectivity index (χ4n) is 3.58. The van der Waals surface area contributed by atoms with Gasteiger partial charge in [0.05, 0.1) is 6.10 Å². The van der Waals surface area contributed by atoms with Crippen LogP contribution in [0.4, 0.5) is 5.82 Å². The first kappa shape index (κ1) is 24.6. The number of hydrogen-bond donors (Lipinski definition) is 1. The van der Waals surface area contributed by atoms with Crippen LogP contribution in [0.3, 0.4) is 0 Å². The van der Waals surface area contributed by atoms with Crippen LogP contribution in [0.5, 0.6) is 0 Å². The number of rotatable bonds is 7. The third-order valence-corrected chi connectivity index (χ3v) is 8.06. The molecule has 2 unspecified atom stereocenters. The molecule has 1 amide bonds. The summed E-state index contributed by atoms with van der Waals surface area (Å²) in [4.78, 5) is 29.3. The van der Waals surface area contributed by atoms with E-state index in [1.807, 2.05) is 19.9 Å². The molecule has 2 aromatic rings. The van der Waals surface area contributed by atoms with E-state index in [2.05, 4.69) is 10.3 Å². The highest BCUT2D eigenvalue weighted by atomic mass is 35.7. The number of aryl methyl sites for hydroxylation is 1. The van der Waals surface area contributed by atoms with E-state index in [0.29, 0.717) is 17.5 Å². The lowest BCUT2D eigenvalue weighted by molar-refractivity contribution is -0.0225. The molecule has 1 N–H and O–H groups in total. The van der Waals surface area contributed by atoms with Gasteiger partial charge in [-0.05, 0) is 50.8 Å². The molecule has 1 aliphatic rings. The minimum Gasteiger partial charge on any atom is -0.352 e. The molecule has 32 heavy (non-hydrogen) atoms. The van der Waals surface area contributed by atoms with E-state index < -0.39 is 31.0 Å². The summed E-state index contributed by atoms with van der Waals surface area (Å²) >= 11 is 6.09. The molecule has 1 aliphatic heterocycles. The Bertz CT molecular complexity index is 1080. The molecule has 0 bridgehead atoms. The second kappa shape index (κ2) is 9.85.